The number of hydrogen-bond acceptors (Lipinski definition) is 2. The SMILES string of the molecule is O=C(F)c1ccncc1. The van der Waals surface area contributed by atoms with Crippen molar-refractivity contribution in [1.82, 2.24) is 4.98 Å². The lowest BCUT2D eigenvalue weighted by molar-refractivity contribution is 0.0836. The molecule has 0 bridgehead atoms. The van der Waals surface area contributed by atoms with Crippen molar-refractivity contribution in [2.24, 2.45) is 0 Å². The Bertz CT molecular complexity index is 210. The maximum atomic E-state index is 11.8. The number of nitrogens with zero attached hydrogens (tertiary/aromatic N) is 1. The summed E-state index contributed by atoms with van der Waals surface area (Å²) in [5.74, 6) is 0. The van der Waals surface area contributed by atoms with Gasteiger partial charge in [0.2, 0.25) is 0 Å². The van der Waals surface area contributed by atoms with Crippen LogP contribution in [0.15, 0.2) is 24.5 Å². The number of carbonyl (C=O) groups excluding carboxylic acids is 1. The molecule has 0 aliphatic carbocycles. The monoisotopic (exact) mass is 125 g/mol. The molecule has 0 atom stereocenters. The zero-order valence-corrected chi connectivity index (χ0v) is 4.54. The van der Waals surface area contributed by atoms with Crippen molar-refractivity contribution in [3.8, 4) is 0 Å². The molecule has 0 saturated carbocycles. The average molecular weight is 125 g/mol. The number of pyridine rings is 1. The van der Waals surface area contributed by atoms with E-state index in [0.717, 1.165) is 0 Å². The maximum absolute atomic E-state index is 11.8. The van der Waals surface area contributed by atoms with Crippen molar-refractivity contribution in [2.45, 2.75) is 0 Å². The van der Waals surface area contributed by atoms with Gasteiger partial charge in [-0.3, -0.25) is 9.78 Å². The molecule has 0 aromatic carbocycles. The van der Waals surface area contributed by atoms with Crippen LogP contribution in [0.5, 0.6) is 0 Å². The summed E-state index contributed by atoms with van der Waals surface area (Å²) < 4.78 is 11.8. The second-order valence-electron chi connectivity index (χ2n) is 1.51. The van der Waals surface area contributed by atoms with Gasteiger partial charge in [0, 0.05) is 12.4 Å². The lowest BCUT2D eigenvalue weighted by Crippen LogP contribution is -1.87. The van der Waals surface area contributed by atoms with Crippen LogP contribution in [0.2, 0.25) is 0 Å². The Labute approximate surface area is 51.3 Å². The molecule has 0 saturated heterocycles. The molecule has 0 unspecified atom stereocenters. The molecule has 1 aromatic heterocycles. The average Bonchev–Trinajstić information content (AvgIpc) is 1.90. The van der Waals surface area contributed by atoms with Crippen molar-refractivity contribution < 1.29 is 9.18 Å². The second kappa shape index (κ2) is 2.35. The predicted octanol–water partition coefficient (Wildman–Crippen LogP) is 1.19. The molecule has 1 aromatic rings. The van der Waals surface area contributed by atoms with Gasteiger partial charge in [-0.05, 0) is 12.1 Å². The number of hydrogen-bond donors (Lipinski definition) is 0. The summed E-state index contributed by atoms with van der Waals surface area (Å²) in [6.45, 7) is 0. The minimum atomic E-state index is -1.42. The molecule has 0 N–H and O–H groups in total. The van der Waals surface area contributed by atoms with Crippen LogP contribution >= 0.6 is 0 Å². The van der Waals surface area contributed by atoms with Crippen molar-refractivity contribution in [3.05, 3.63) is 30.1 Å². The molecule has 0 spiro atoms. The van der Waals surface area contributed by atoms with Crippen LogP contribution in [0.3, 0.4) is 0 Å². The Morgan fingerprint density at radius 1 is 1.44 bits per heavy atom. The Kier molecular flexibility index (Phi) is 1.53. The molecule has 1 heterocycles. The molecular formula is C6H4FNO. The zero-order valence-electron chi connectivity index (χ0n) is 4.54. The molecule has 0 radical (unpaired) electrons. The minimum Gasteiger partial charge on any atom is -0.265 e. The standard InChI is InChI=1S/C6H4FNO/c7-6(9)5-1-3-8-4-2-5/h1-4H. The van der Waals surface area contributed by atoms with Gasteiger partial charge in [-0.1, -0.05) is 0 Å². The molecule has 9 heavy (non-hydrogen) atoms. The molecule has 0 fully saturated rings. The highest BCUT2D eigenvalue weighted by Gasteiger charge is 1.98. The molecule has 0 aliphatic rings. The van der Waals surface area contributed by atoms with Gasteiger partial charge in [0.1, 0.15) is 0 Å². The Morgan fingerprint density at radius 3 is 2.33 bits per heavy atom. The largest absolute Gasteiger partial charge is 0.332 e. The molecule has 1 rings (SSSR count). The van der Waals surface area contributed by atoms with E-state index in [1.807, 2.05) is 0 Å². The van der Waals surface area contributed by atoms with Gasteiger partial charge in [0.25, 0.3) is 0 Å². The first-order valence-electron chi connectivity index (χ1n) is 2.40. The summed E-state index contributed by atoms with van der Waals surface area (Å²) in [6.07, 6.45) is 2.74. The summed E-state index contributed by atoms with van der Waals surface area (Å²) in [7, 11) is 0. The van der Waals surface area contributed by atoms with Crippen molar-refractivity contribution in [3.63, 3.8) is 0 Å². The van der Waals surface area contributed by atoms with E-state index >= 15 is 0 Å². The van der Waals surface area contributed by atoms with Crippen LogP contribution in [0, 0.1) is 0 Å². The van der Waals surface area contributed by atoms with Gasteiger partial charge < -0.3 is 0 Å². The van der Waals surface area contributed by atoms with Gasteiger partial charge >= 0.3 is 6.04 Å². The van der Waals surface area contributed by atoms with E-state index in [1.165, 1.54) is 24.5 Å². The molecular weight excluding hydrogens is 121 g/mol. The van der Waals surface area contributed by atoms with Crippen LogP contribution in [0.25, 0.3) is 0 Å². The first-order chi connectivity index (χ1) is 4.30. The Balaban J connectivity index is 2.98. The van der Waals surface area contributed by atoms with E-state index in [-0.39, 0.29) is 5.56 Å². The Hall–Kier alpha value is -1.25. The third-order valence-corrected chi connectivity index (χ3v) is 0.907. The van der Waals surface area contributed by atoms with Crippen LogP contribution in [0.4, 0.5) is 4.39 Å². The fourth-order valence-corrected chi connectivity index (χ4v) is 0.483. The first-order valence-corrected chi connectivity index (χ1v) is 2.40. The summed E-state index contributed by atoms with van der Waals surface area (Å²) >= 11 is 0. The topological polar surface area (TPSA) is 30.0 Å². The van der Waals surface area contributed by atoms with Crippen molar-refractivity contribution in [2.75, 3.05) is 0 Å². The highest BCUT2D eigenvalue weighted by atomic mass is 19.1. The summed E-state index contributed by atoms with van der Waals surface area (Å²) in [5, 5.41) is 0. The van der Waals surface area contributed by atoms with E-state index in [1.54, 1.807) is 0 Å². The van der Waals surface area contributed by atoms with Crippen LogP contribution < -0.4 is 0 Å². The third kappa shape index (κ3) is 1.32. The lowest BCUT2D eigenvalue weighted by atomic mass is 10.3. The molecule has 0 amide bonds. The fraction of sp³-hybridized carbons (Fsp3) is 0. The minimum absolute atomic E-state index is 0.0463. The highest BCUT2D eigenvalue weighted by Crippen LogP contribution is 1.96. The maximum Gasteiger partial charge on any atom is 0.332 e. The van der Waals surface area contributed by atoms with Crippen LogP contribution in [-0.4, -0.2) is 11.0 Å². The van der Waals surface area contributed by atoms with E-state index in [0.29, 0.717) is 0 Å². The third-order valence-electron chi connectivity index (χ3n) is 0.907. The number of halogens is 1. The molecule has 0 aliphatic heterocycles. The molecule has 2 nitrogen and oxygen atoms in total. The summed E-state index contributed by atoms with van der Waals surface area (Å²) in [6, 6.07) is 1.22. The summed E-state index contributed by atoms with van der Waals surface area (Å²) in [4.78, 5) is 13.6. The predicted molar refractivity (Wildman–Crippen MR) is 29.7 cm³/mol. The van der Waals surface area contributed by atoms with Crippen molar-refractivity contribution >= 4 is 6.04 Å². The zero-order chi connectivity index (χ0) is 6.69. The van der Waals surface area contributed by atoms with Crippen LogP contribution in [-0.2, 0) is 0 Å². The fourth-order valence-electron chi connectivity index (χ4n) is 0.483. The number of rotatable bonds is 1. The van der Waals surface area contributed by atoms with E-state index in [2.05, 4.69) is 4.98 Å². The van der Waals surface area contributed by atoms with Gasteiger partial charge in [-0.2, -0.15) is 4.39 Å². The van der Waals surface area contributed by atoms with Gasteiger partial charge in [0.05, 0.1) is 5.56 Å². The number of carbonyl (C=O) groups is 1. The van der Waals surface area contributed by atoms with Gasteiger partial charge in [-0.25, -0.2) is 0 Å². The van der Waals surface area contributed by atoms with E-state index < -0.39 is 6.04 Å². The normalized spacial score (nSPS) is 9.00. The van der Waals surface area contributed by atoms with Crippen LogP contribution in [0.1, 0.15) is 10.4 Å². The number of aromatic nitrogens is 1. The lowest BCUT2D eigenvalue weighted by Gasteiger charge is -1.85. The highest BCUT2D eigenvalue weighted by molar-refractivity contribution is 5.87. The van der Waals surface area contributed by atoms with Gasteiger partial charge in [-0.15, -0.1) is 0 Å². The smallest absolute Gasteiger partial charge is 0.265 e. The summed E-state index contributed by atoms with van der Waals surface area (Å²) in [5.41, 5.74) is 0.0463. The molecule has 46 valence electrons. The van der Waals surface area contributed by atoms with E-state index in [9.17, 15) is 9.18 Å². The first kappa shape index (κ1) is 5.88. The second-order valence-corrected chi connectivity index (χ2v) is 1.51. The Morgan fingerprint density at radius 2 is 2.00 bits per heavy atom. The van der Waals surface area contributed by atoms with Gasteiger partial charge in [0.15, 0.2) is 0 Å². The quantitative estimate of drug-likeness (QED) is 0.527. The van der Waals surface area contributed by atoms with E-state index in [4.69, 9.17) is 0 Å². The van der Waals surface area contributed by atoms with Crippen molar-refractivity contribution in [1.29, 1.82) is 0 Å². The molecule has 3 heteroatoms.